The second-order valence-electron chi connectivity index (χ2n) is 5.92. The van der Waals surface area contributed by atoms with Crippen molar-refractivity contribution in [3.05, 3.63) is 30.1 Å². The summed E-state index contributed by atoms with van der Waals surface area (Å²) in [6.45, 7) is 1.57. The van der Waals surface area contributed by atoms with E-state index in [-0.39, 0.29) is 31.8 Å². The zero-order chi connectivity index (χ0) is 19.3. The van der Waals surface area contributed by atoms with Gasteiger partial charge in [0.15, 0.2) is 6.10 Å². The smallest absolute Gasteiger partial charge is 0.326 e. The van der Waals surface area contributed by atoms with Crippen LogP contribution in [0.4, 0.5) is 14.9 Å². The molecule has 0 spiro atoms. The first kappa shape index (κ1) is 19.4. The molecular weight excluding hydrogens is 345 g/mol. The molecule has 9 heteroatoms. The van der Waals surface area contributed by atoms with Crippen LogP contribution in [0.25, 0.3) is 0 Å². The van der Waals surface area contributed by atoms with Crippen LogP contribution in [0.3, 0.4) is 0 Å². The highest BCUT2D eigenvalue weighted by molar-refractivity contribution is 6.01. The third kappa shape index (κ3) is 5.01. The molecule has 0 unspecified atom stereocenters. The Morgan fingerprint density at radius 1 is 1.27 bits per heavy atom. The van der Waals surface area contributed by atoms with E-state index in [2.05, 4.69) is 5.32 Å². The number of carbonyl (C=O) groups is 4. The van der Waals surface area contributed by atoms with Crippen LogP contribution in [0.1, 0.15) is 19.8 Å². The van der Waals surface area contributed by atoms with Gasteiger partial charge in [-0.15, -0.1) is 0 Å². The number of anilines is 1. The topological polar surface area (TPSA) is 96.0 Å². The normalized spacial score (nSPS) is 15.2. The Hall–Kier alpha value is -2.97. The Bertz CT molecular complexity index is 707. The zero-order valence-electron chi connectivity index (χ0n) is 14.5. The number of esters is 1. The van der Waals surface area contributed by atoms with Crippen molar-refractivity contribution in [2.75, 3.05) is 25.5 Å². The minimum absolute atomic E-state index is 0.0316. The molecular formula is C17H20FN3O5. The number of ether oxygens (including phenoxy) is 1. The maximum absolute atomic E-state index is 12.8. The molecule has 1 aliphatic heterocycles. The number of hydrogen-bond acceptors (Lipinski definition) is 5. The van der Waals surface area contributed by atoms with Gasteiger partial charge in [-0.1, -0.05) is 0 Å². The maximum atomic E-state index is 12.8. The van der Waals surface area contributed by atoms with Gasteiger partial charge in [0.25, 0.3) is 5.91 Å². The highest BCUT2D eigenvalue weighted by Crippen LogP contribution is 2.11. The summed E-state index contributed by atoms with van der Waals surface area (Å²) < 4.78 is 17.8. The molecule has 8 nitrogen and oxygen atoms in total. The van der Waals surface area contributed by atoms with Crippen molar-refractivity contribution in [1.82, 2.24) is 9.80 Å². The number of urea groups is 1. The van der Waals surface area contributed by atoms with Gasteiger partial charge in [0.2, 0.25) is 5.91 Å². The van der Waals surface area contributed by atoms with Gasteiger partial charge in [-0.05, 0) is 37.6 Å². The zero-order valence-corrected chi connectivity index (χ0v) is 14.5. The number of nitrogens with zero attached hydrogens (tertiary/aromatic N) is 2. The summed E-state index contributed by atoms with van der Waals surface area (Å²) in [6.07, 6.45) is -0.820. The van der Waals surface area contributed by atoms with Crippen molar-refractivity contribution in [2.24, 2.45) is 0 Å². The van der Waals surface area contributed by atoms with Crippen LogP contribution in [0, 0.1) is 5.82 Å². The summed E-state index contributed by atoms with van der Waals surface area (Å²) in [4.78, 5) is 49.4. The molecule has 0 aliphatic carbocycles. The van der Waals surface area contributed by atoms with E-state index in [1.54, 1.807) is 0 Å². The number of halogens is 1. The number of nitrogens with one attached hydrogen (secondary N) is 1. The van der Waals surface area contributed by atoms with E-state index < -0.39 is 29.8 Å². The van der Waals surface area contributed by atoms with E-state index in [1.807, 2.05) is 0 Å². The standard InChI is InChI=1S/C17H20FN3O5/c1-11(16(24)19-13-7-5-12(18)6-8-13)26-15(23)4-3-9-21-14(22)10-20(2)17(21)25/h5-8,11H,3-4,9-10H2,1-2H3,(H,19,24)/t11-/m1/s1. The number of rotatable bonds is 7. The lowest BCUT2D eigenvalue weighted by Crippen LogP contribution is -2.33. The number of benzene rings is 1. The first-order chi connectivity index (χ1) is 12.3. The molecule has 140 valence electrons. The molecule has 1 N–H and O–H groups in total. The molecule has 1 aromatic rings. The predicted octanol–water partition coefficient (Wildman–Crippen LogP) is 1.37. The van der Waals surface area contributed by atoms with Crippen molar-refractivity contribution < 1.29 is 28.3 Å². The molecule has 2 rings (SSSR count). The SMILES string of the molecule is C[C@@H](OC(=O)CCCN1C(=O)CN(C)C1=O)C(=O)Nc1ccc(F)cc1. The Morgan fingerprint density at radius 3 is 2.50 bits per heavy atom. The van der Waals surface area contributed by atoms with E-state index in [1.165, 1.54) is 43.1 Å². The largest absolute Gasteiger partial charge is 0.453 e. The molecule has 1 atom stereocenters. The molecule has 1 aromatic carbocycles. The summed E-state index contributed by atoms with van der Waals surface area (Å²) in [5.41, 5.74) is 0.384. The summed E-state index contributed by atoms with van der Waals surface area (Å²) in [6, 6.07) is 4.79. The summed E-state index contributed by atoms with van der Waals surface area (Å²) in [5.74, 6) is -1.89. The molecule has 1 heterocycles. The molecule has 0 radical (unpaired) electrons. The van der Waals surface area contributed by atoms with Gasteiger partial charge in [0.1, 0.15) is 12.4 Å². The Labute approximate surface area is 149 Å². The van der Waals surface area contributed by atoms with Crippen LogP contribution in [-0.4, -0.2) is 59.9 Å². The number of imide groups is 1. The van der Waals surface area contributed by atoms with E-state index in [0.29, 0.717) is 5.69 Å². The van der Waals surface area contributed by atoms with Crippen molar-refractivity contribution in [3.8, 4) is 0 Å². The Kier molecular flexibility index (Phi) is 6.26. The van der Waals surface area contributed by atoms with Crippen LogP contribution in [0.5, 0.6) is 0 Å². The van der Waals surface area contributed by atoms with Gasteiger partial charge in [0.05, 0.1) is 0 Å². The number of likely N-dealkylation sites (N-methyl/N-ethyl adjacent to an activating group) is 1. The van der Waals surface area contributed by atoms with Crippen LogP contribution >= 0.6 is 0 Å². The Morgan fingerprint density at radius 2 is 1.92 bits per heavy atom. The molecule has 1 fully saturated rings. The van der Waals surface area contributed by atoms with Gasteiger partial charge in [-0.25, -0.2) is 9.18 Å². The second kappa shape index (κ2) is 8.41. The third-order valence-electron chi connectivity index (χ3n) is 3.78. The summed E-state index contributed by atoms with van der Waals surface area (Å²) in [5, 5.41) is 2.51. The minimum atomic E-state index is -1.03. The number of amides is 4. The van der Waals surface area contributed by atoms with Gasteiger partial charge < -0.3 is 15.0 Å². The van der Waals surface area contributed by atoms with E-state index in [4.69, 9.17) is 4.74 Å². The molecule has 0 bridgehead atoms. The average molecular weight is 365 g/mol. The van der Waals surface area contributed by atoms with Crippen LogP contribution in [0.15, 0.2) is 24.3 Å². The fourth-order valence-electron chi connectivity index (χ4n) is 2.36. The highest BCUT2D eigenvalue weighted by Gasteiger charge is 2.33. The minimum Gasteiger partial charge on any atom is -0.453 e. The quantitative estimate of drug-likeness (QED) is 0.582. The number of carbonyl (C=O) groups excluding carboxylic acids is 4. The number of hydrogen-bond donors (Lipinski definition) is 1. The summed E-state index contributed by atoms with van der Waals surface area (Å²) in [7, 11) is 1.52. The lowest BCUT2D eigenvalue weighted by atomic mass is 10.2. The molecule has 0 aromatic heterocycles. The fourth-order valence-corrected chi connectivity index (χ4v) is 2.36. The molecule has 26 heavy (non-hydrogen) atoms. The van der Waals surface area contributed by atoms with E-state index >= 15 is 0 Å². The lowest BCUT2D eigenvalue weighted by molar-refractivity contribution is -0.153. The maximum Gasteiger partial charge on any atom is 0.326 e. The van der Waals surface area contributed by atoms with Crippen molar-refractivity contribution in [1.29, 1.82) is 0 Å². The van der Waals surface area contributed by atoms with Crippen LogP contribution < -0.4 is 5.32 Å². The molecule has 4 amide bonds. The predicted molar refractivity (Wildman–Crippen MR) is 89.6 cm³/mol. The first-order valence-electron chi connectivity index (χ1n) is 8.09. The first-order valence-corrected chi connectivity index (χ1v) is 8.09. The highest BCUT2D eigenvalue weighted by atomic mass is 19.1. The van der Waals surface area contributed by atoms with Crippen molar-refractivity contribution in [3.63, 3.8) is 0 Å². The van der Waals surface area contributed by atoms with Gasteiger partial charge in [-0.3, -0.25) is 19.3 Å². The lowest BCUT2D eigenvalue weighted by Gasteiger charge is -2.15. The van der Waals surface area contributed by atoms with Crippen LogP contribution in [0.2, 0.25) is 0 Å². The average Bonchev–Trinajstić information content (AvgIpc) is 2.83. The van der Waals surface area contributed by atoms with E-state index in [9.17, 15) is 23.6 Å². The second-order valence-corrected chi connectivity index (χ2v) is 5.92. The molecule has 0 saturated carbocycles. The molecule has 1 saturated heterocycles. The summed E-state index contributed by atoms with van der Waals surface area (Å²) >= 11 is 0. The van der Waals surface area contributed by atoms with Gasteiger partial charge in [0, 0.05) is 25.7 Å². The monoisotopic (exact) mass is 365 g/mol. The fraction of sp³-hybridized carbons (Fsp3) is 0.412. The van der Waals surface area contributed by atoms with Gasteiger partial charge >= 0.3 is 12.0 Å². The third-order valence-corrected chi connectivity index (χ3v) is 3.78. The van der Waals surface area contributed by atoms with Crippen LogP contribution in [-0.2, 0) is 19.1 Å². The van der Waals surface area contributed by atoms with E-state index in [0.717, 1.165) is 4.90 Å². The Balaban J connectivity index is 1.73. The van der Waals surface area contributed by atoms with Crippen molar-refractivity contribution in [2.45, 2.75) is 25.9 Å². The van der Waals surface area contributed by atoms with Crippen molar-refractivity contribution >= 4 is 29.5 Å². The van der Waals surface area contributed by atoms with Gasteiger partial charge in [-0.2, -0.15) is 0 Å². The molecule has 1 aliphatic rings.